The predicted octanol–water partition coefficient (Wildman–Crippen LogP) is 1.38. The van der Waals surface area contributed by atoms with Crippen molar-refractivity contribution in [2.75, 3.05) is 7.11 Å². The lowest BCUT2D eigenvalue weighted by atomic mass is 10.1. The molecule has 64 valence electrons. The normalized spacial score (nSPS) is 11.3. The first-order chi connectivity index (χ1) is 5.79. The Hall–Kier alpha value is -1.51. The van der Waals surface area contributed by atoms with Gasteiger partial charge in [-0.2, -0.15) is 5.10 Å². The Morgan fingerprint density at radius 3 is 2.67 bits per heavy atom. The highest BCUT2D eigenvalue weighted by atomic mass is 16.5. The van der Waals surface area contributed by atoms with Crippen LogP contribution in [0.5, 0.6) is 5.75 Å². The molecule has 0 aliphatic rings. The van der Waals surface area contributed by atoms with Crippen LogP contribution in [0.3, 0.4) is 0 Å². The molecule has 0 bridgehead atoms. The molecule has 0 aromatic heterocycles. The van der Waals surface area contributed by atoms with E-state index in [1.165, 1.54) is 0 Å². The van der Waals surface area contributed by atoms with Gasteiger partial charge in [0.1, 0.15) is 5.75 Å². The number of hydrazone groups is 1. The van der Waals surface area contributed by atoms with Crippen molar-refractivity contribution >= 4 is 5.71 Å². The molecular formula is C9H12N2O. The second kappa shape index (κ2) is 3.76. The highest BCUT2D eigenvalue weighted by molar-refractivity contribution is 6.00. The second-order valence-electron chi connectivity index (χ2n) is 2.41. The van der Waals surface area contributed by atoms with Crippen molar-refractivity contribution in [2.24, 2.45) is 10.9 Å². The van der Waals surface area contributed by atoms with Crippen LogP contribution >= 0.6 is 0 Å². The fourth-order valence-electron chi connectivity index (χ4n) is 1.01. The Morgan fingerprint density at radius 1 is 1.42 bits per heavy atom. The van der Waals surface area contributed by atoms with Crippen LogP contribution in [0, 0.1) is 0 Å². The first-order valence-corrected chi connectivity index (χ1v) is 3.67. The minimum Gasteiger partial charge on any atom is -0.496 e. The van der Waals surface area contributed by atoms with Gasteiger partial charge in [-0.1, -0.05) is 12.1 Å². The molecule has 3 heteroatoms. The Morgan fingerprint density at radius 2 is 2.08 bits per heavy atom. The zero-order chi connectivity index (χ0) is 8.97. The van der Waals surface area contributed by atoms with Crippen molar-refractivity contribution in [3.8, 4) is 5.75 Å². The van der Waals surface area contributed by atoms with Gasteiger partial charge in [0.2, 0.25) is 0 Å². The van der Waals surface area contributed by atoms with E-state index in [0.29, 0.717) is 0 Å². The van der Waals surface area contributed by atoms with E-state index in [0.717, 1.165) is 17.0 Å². The van der Waals surface area contributed by atoms with E-state index in [4.69, 9.17) is 10.6 Å². The SMILES string of the molecule is COc1ccccc1/C(C)=N\N. The summed E-state index contributed by atoms with van der Waals surface area (Å²) in [5.74, 6) is 5.96. The molecule has 0 amide bonds. The number of hydrogen-bond acceptors (Lipinski definition) is 3. The molecule has 0 saturated carbocycles. The molecule has 0 spiro atoms. The van der Waals surface area contributed by atoms with Gasteiger partial charge in [-0.3, -0.25) is 0 Å². The maximum Gasteiger partial charge on any atom is 0.127 e. The van der Waals surface area contributed by atoms with Crippen LogP contribution in [0.25, 0.3) is 0 Å². The topological polar surface area (TPSA) is 47.6 Å². The van der Waals surface area contributed by atoms with Gasteiger partial charge < -0.3 is 10.6 Å². The number of rotatable bonds is 2. The van der Waals surface area contributed by atoms with Gasteiger partial charge in [0.15, 0.2) is 0 Å². The third kappa shape index (κ3) is 1.56. The van der Waals surface area contributed by atoms with Gasteiger partial charge in [-0.25, -0.2) is 0 Å². The molecule has 0 saturated heterocycles. The first kappa shape index (κ1) is 8.59. The monoisotopic (exact) mass is 164 g/mol. The predicted molar refractivity (Wildman–Crippen MR) is 49.4 cm³/mol. The number of benzene rings is 1. The van der Waals surface area contributed by atoms with E-state index in [1.807, 2.05) is 31.2 Å². The quantitative estimate of drug-likeness (QED) is 0.408. The van der Waals surface area contributed by atoms with Crippen LogP contribution in [0.1, 0.15) is 12.5 Å². The molecule has 0 fully saturated rings. The fourth-order valence-corrected chi connectivity index (χ4v) is 1.01. The number of nitrogens with zero attached hydrogens (tertiary/aromatic N) is 1. The van der Waals surface area contributed by atoms with Crippen molar-refractivity contribution in [1.29, 1.82) is 0 Å². The molecule has 2 N–H and O–H groups in total. The molecule has 1 rings (SSSR count). The van der Waals surface area contributed by atoms with E-state index in [2.05, 4.69) is 5.10 Å². The minimum absolute atomic E-state index is 0.771. The van der Waals surface area contributed by atoms with E-state index in [9.17, 15) is 0 Å². The van der Waals surface area contributed by atoms with Gasteiger partial charge >= 0.3 is 0 Å². The van der Waals surface area contributed by atoms with Gasteiger partial charge in [0.05, 0.1) is 12.8 Å². The standard InChI is InChI=1S/C9H12N2O/c1-7(11-10)8-5-3-4-6-9(8)12-2/h3-6H,10H2,1-2H3/b11-7-. The maximum atomic E-state index is 5.16. The average molecular weight is 164 g/mol. The second-order valence-corrected chi connectivity index (χ2v) is 2.41. The number of hydrogen-bond donors (Lipinski definition) is 1. The molecule has 0 radical (unpaired) electrons. The van der Waals surface area contributed by atoms with Gasteiger partial charge in [0, 0.05) is 5.56 Å². The molecule has 0 aliphatic carbocycles. The summed E-state index contributed by atoms with van der Waals surface area (Å²) in [5, 5.41) is 3.60. The van der Waals surface area contributed by atoms with E-state index >= 15 is 0 Å². The smallest absolute Gasteiger partial charge is 0.127 e. The summed E-state index contributed by atoms with van der Waals surface area (Å²) >= 11 is 0. The first-order valence-electron chi connectivity index (χ1n) is 3.67. The zero-order valence-corrected chi connectivity index (χ0v) is 7.24. The molecule has 0 aliphatic heterocycles. The zero-order valence-electron chi connectivity index (χ0n) is 7.24. The Kier molecular flexibility index (Phi) is 2.69. The van der Waals surface area contributed by atoms with E-state index in [-0.39, 0.29) is 0 Å². The van der Waals surface area contributed by atoms with Crippen LogP contribution < -0.4 is 10.6 Å². The fraction of sp³-hybridized carbons (Fsp3) is 0.222. The van der Waals surface area contributed by atoms with Gasteiger partial charge in [0.25, 0.3) is 0 Å². The Labute approximate surface area is 71.8 Å². The van der Waals surface area contributed by atoms with Crippen LogP contribution in [0.4, 0.5) is 0 Å². The lowest BCUT2D eigenvalue weighted by molar-refractivity contribution is 0.414. The highest BCUT2D eigenvalue weighted by Gasteiger charge is 2.03. The van der Waals surface area contributed by atoms with E-state index < -0.39 is 0 Å². The number of nitrogens with two attached hydrogens (primary N) is 1. The lowest BCUT2D eigenvalue weighted by Crippen LogP contribution is -2.01. The molecule has 1 aromatic rings. The van der Waals surface area contributed by atoms with Gasteiger partial charge in [-0.15, -0.1) is 0 Å². The maximum absolute atomic E-state index is 5.16. The van der Waals surface area contributed by atoms with Gasteiger partial charge in [-0.05, 0) is 19.1 Å². The summed E-state index contributed by atoms with van der Waals surface area (Å²) < 4.78 is 5.13. The average Bonchev–Trinajstić information content (AvgIpc) is 2.16. The van der Waals surface area contributed by atoms with Crippen molar-refractivity contribution < 1.29 is 4.74 Å². The molecule has 1 aromatic carbocycles. The molecule has 0 atom stereocenters. The Bertz CT molecular complexity index is 294. The van der Waals surface area contributed by atoms with Crippen molar-refractivity contribution in [3.63, 3.8) is 0 Å². The third-order valence-corrected chi connectivity index (χ3v) is 1.69. The summed E-state index contributed by atoms with van der Waals surface area (Å²) in [6.45, 7) is 1.85. The third-order valence-electron chi connectivity index (χ3n) is 1.69. The summed E-state index contributed by atoms with van der Waals surface area (Å²) in [6.07, 6.45) is 0. The summed E-state index contributed by atoms with van der Waals surface area (Å²) in [4.78, 5) is 0. The molecule has 0 unspecified atom stereocenters. The lowest BCUT2D eigenvalue weighted by Gasteiger charge is -2.05. The minimum atomic E-state index is 0.771. The van der Waals surface area contributed by atoms with E-state index in [1.54, 1.807) is 7.11 Å². The number of methoxy groups -OCH3 is 1. The number of para-hydroxylation sites is 1. The molecule has 0 heterocycles. The van der Waals surface area contributed by atoms with Crippen molar-refractivity contribution in [3.05, 3.63) is 29.8 Å². The van der Waals surface area contributed by atoms with Crippen LogP contribution in [0.15, 0.2) is 29.4 Å². The summed E-state index contributed by atoms with van der Waals surface area (Å²) in [5.41, 5.74) is 1.70. The molecule has 12 heavy (non-hydrogen) atoms. The van der Waals surface area contributed by atoms with Crippen LogP contribution in [-0.4, -0.2) is 12.8 Å². The number of ether oxygens (including phenoxy) is 1. The van der Waals surface area contributed by atoms with Crippen LogP contribution in [0.2, 0.25) is 0 Å². The largest absolute Gasteiger partial charge is 0.496 e. The van der Waals surface area contributed by atoms with Crippen molar-refractivity contribution in [1.82, 2.24) is 0 Å². The summed E-state index contributed by atoms with van der Waals surface area (Å²) in [6, 6.07) is 7.63. The van der Waals surface area contributed by atoms with Crippen LogP contribution in [-0.2, 0) is 0 Å². The summed E-state index contributed by atoms with van der Waals surface area (Å²) in [7, 11) is 1.63. The highest BCUT2D eigenvalue weighted by Crippen LogP contribution is 2.17. The Balaban J connectivity index is 3.13. The van der Waals surface area contributed by atoms with Crippen molar-refractivity contribution in [2.45, 2.75) is 6.92 Å². The molecular weight excluding hydrogens is 152 g/mol. The molecule has 3 nitrogen and oxygen atoms in total.